The van der Waals surface area contributed by atoms with Crippen molar-refractivity contribution < 1.29 is 27.7 Å². The molecule has 0 unspecified atom stereocenters. The van der Waals surface area contributed by atoms with E-state index in [9.17, 15) is 14.2 Å². The second-order valence-corrected chi connectivity index (χ2v) is 21.8. The molecule has 66 heavy (non-hydrogen) atoms. The summed E-state index contributed by atoms with van der Waals surface area (Å²) in [4.78, 5) is 45.5. The number of fused-ring (bicyclic) bond motifs is 1. The first-order valence-corrected chi connectivity index (χ1v) is 26.5. The third-order valence-corrected chi connectivity index (χ3v) is 15.2. The predicted molar refractivity (Wildman–Crippen MR) is 262 cm³/mol. The van der Waals surface area contributed by atoms with Crippen LogP contribution in [0.3, 0.4) is 0 Å². The van der Waals surface area contributed by atoms with Gasteiger partial charge in [0.15, 0.2) is 0 Å². The van der Waals surface area contributed by atoms with Crippen molar-refractivity contribution in [2.24, 2.45) is 0 Å². The summed E-state index contributed by atoms with van der Waals surface area (Å²) in [7, 11) is -2.75. The van der Waals surface area contributed by atoms with E-state index >= 15 is 8.78 Å². The fourth-order valence-electron chi connectivity index (χ4n) is 9.63. The zero-order valence-electron chi connectivity index (χ0n) is 38.4. The lowest BCUT2D eigenvalue weighted by Gasteiger charge is -2.43. The first kappa shape index (κ1) is 47.5. The molecular formula is C49H59BrF2N9O4P. The Balaban J connectivity index is 0.886. The molecule has 350 valence electrons. The van der Waals surface area contributed by atoms with Gasteiger partial charge in [-0.3, -0.25) is 24.8 Å². The smallest absolute Gasteiger partial charge is 0.234 e. The van der Waals surface area contributed by atoms with Gasteiger partial charge >= 0.3 is 0 Å². The van der Waals surface area contributed by atoms with Gasteiger partial charge in [-0.2, -0.15) is 4.98 Å². The standard InChI is InChI=1S/C49H59BrF2N9O4P/c1-6-31-27-41(56-49-53-29-36(50)47(58-49)55-40-13-12-39-34(46(40)66(4,5)64)10-9-32(7-2)54-39)43(65-8-3)28-42(31)61-19-16-33(17-20-61)60-23-21-59(22-24-60)18-15-30-25-37(51)45(38(52)26-30)35-11-14-44(62)57-48(35)63/h9-10,12-13,25-29,33,35H,6-8,11,14-24H2,1-5H3,(H,57,62,63)(H2,53,55,56,58)/t35-/m1/s1. The number of benzene rings is 3. The highest BCUT2D eigenvalue weighted by molar-refractivity contribution is 9.10. The molecule has 3 fully saturated rings. The van der Waals surface area contributed by atoms with Crippen LogP contribution in [-0.4, -0.2) is 108 Å². The fraction of sp³-hybridized carbons (Fsp3) is 0.449. The molecule has 5 aromatic rings. The van der Waals surface area contributed by atoms with Crippen molar-refractivity contribution in [3.05, 3.63) is 93.2 Å². The van der Waals surface area contributed by atoms with E-state index in [0.717, 1.165) is 92.5 Å². The maximum Gasteiger partial charge on any atom is 0.234 e. The number of carbonyl (C=O) groups excluding carboxylic acids is 2. The lowest BCUT2D eigenvalue weighted by molar-refractivity contribution is -0.134. The number of piperazine rings is 1. The van der Waals surface area contributed by atoms with Gasteiger partial charge in [0.1, 0.15) is 30.3 Å². The molecule has 13 nitrogen and oxygen atoms in total. The van der Waals surface area contributed by atoms with Gasteiger partial charge in [0.05, 0.1) is 33.9 Å². The minimum atomic E-state index is -2.75. The number of hydrogen-bond acceptors (Lipinski definition) is 12. The van der Waals surface area contributed by atoms with Gasteiger partial charge in [-0.25, -0.2) is 13.8 Å². The Bertz CT molecular complexity index is 2650. The Morgan fingerprint density at radius 2 is 1.62 bits per heavy atom. The molecule has 1 atom stereocenters. The van der Waals surface area contributed by atoms with Gasteiger partial charge in [0, 0.05) is 98.2 Å². The molecule has 3 aromatic carbocycles. The van der Waals surface area contributed by atoms with E-state index in [1.807, 2.05) is 31.2 Å². The van der Waals surface area contributed by atoms with Gasteiger partial charge < -0.3 is 29.7 Å². The lowest BCUT2D eigenvalue weighted by Crippen LogP contribution is -2.53. The molecule has 0 radical (unpaired) electrons. The van der Waals surface area contributed by atoms with Crippen LogP contribution >= 0.6 is 23.1 Å². The van der Waals surface area contributed by atoms with Crippen molar-refractivity contribution in [1.82, 2.24) is 30.1 Å². The Morgan fingerprint density at radius 3 is 2.29 bits per heavy atom. The van der Waals surface area contributed by atoms with E-state index in [4.69, 9.17) is 14.7 Å². The molecule has 8 rings (SSSR count). The van der Waals surface area contributed by atoms with E-state index in [0.29, 0.717) is 58.9 Å². The van der Waals surface area contributed by atoms with Crippen molar-refractivity contribution >= 4 is 79.9 Å². The maximum absolute atomic E-state index is 15.1. The van der Waals surface area contributed by atoms with Crippen LogP contribution in [-0.2, 0) is 33.4 Å². The maximum atomic E-state index is 15.1. The lowest BCUT2D eigenvalue weighted by atomic mass is 9.89. The number of halogens is 3. The average molecular weight is 987 g/mol. The first-order valence-electron chi connectivity index (χ1n) is 23.1. The van der Waals surface area contributed by atoms with Crippen LogP contribution in [0.15, 0.2) is 59.2 Å². The highest BCUT2D eigenvalue weighted by atomic mass is 79.9. The van der Waals surface area contributed by atoms with Crippen LogP contribution in [0.2, 0.25) is 0 Å². The summed E-state index contributed by atoms with van der Waals surface area (Å²) in [5.74, 6) is -1.90. The quantitative estimate of drug-likeness (QED) is 0.0682. The van der Waals surface area contributed by atoms with E-state index in [1.54, 1.807) is 19.5 Å². The number of anilines is 5. The Kier molecular flexibility index (Phi) is 14.7. The first-order chi connectivity index (χ1) is 31.7. The topological polar surface area (TPSA) is 145 Å². The zero-order chi connectivity index (χ0) is 46.7. The van der Waals surface area contributed by atoms with Crippen molar-refractivity contribution in [1.29, 1.82) is 0 Å². The normalized spacial score (nSPS) is 17.9. The third-order valence-electron chi connectivity index (χ3n) is 13.1. The molecule has 0 bridgehead atoms. The number of aryl methyl sites for hydroxylation is 2. The minimum absolute atomic E-state index is 0.0645. The molecule has 3 N–H and O–H groups in total. The van der Waals surface area contributed by atoms with Gasteiger partial charge in [0.25, 0.3) is 0 Å². The number of ether oxygens (including phenoxy) is 1. The van der Waals surface area contributed by atoms with Crippen molar-refractivity contribution in [3.63, 3.8) is 0 Å². The number of nitrogens with one attached hydrogen (secondary N) is 3. The van der Waals surface area contributed by atoms with Crippen LogP contribution in [0.25, 0.3) is 10.9 Å². The van der Waals surface area contributed by atoms with Crippen molar-refractivity contribution in [2.45, 2.75) is 77.7 Å². The number of nitrogens with zero attached hydrogens (tertiary/aromatic N) is 6. The van der Waals surface area contributed by atoms with E-state index in [1.165, 1.54) is 23.4 Å². The second-order valence-electron chi connectivity index (χ2n) is 17.8. The number of piperidine rings is 2. The monoisotopic (exact) mass is 985 g/mol. The number of hydrogen-bond donors (Lipinski definition) is 3. The van der Waals surface area contributed by atoms with Gasteiger partial charge in [0.2, 0.25) is 17.8 Å². The number of amides is 2. The zero-order valence-corrected chi connectivity index (χ0v) is 40.8. The SMILES string of the molecule is CCOc1cc(N2CCC(N3CCN(CCc4cc(F)c([C@H]5CCC(=O)NC5=O)c(F)c4)CC3)CC2)c(CC)cc1Nc1ncc(Br)c(Nc2ccc3nc(CC)ccc3c2P(C)(C)=O)n1. The molecule has 2 aromatic heterocycles. The molecule has 0 aliphatic carbocycles. The van der Waals surface area contributed by atoms with Crippen molar-refractivity contribution in [2.75, 3.05) is 81.3 Å². The van der Waals surface area contributed by atoms with E-state index in [-0.39, 0.29) is 18.4 Å². The average Bonchev–Trinajstić information content (AvgIpc) is 3.30. The van der Waals surface area contributed by atoms with Gasteiger partial charge in [-0.1, -0.05) is 19.9 Å². The number of carbonyl (C=O) groups is 2. The van der Waals surface area contributed by atoms with Crippen LogP contribution in [0, 0.1) is 11.6 Å². The molecule has 3 saturated heterocycles. The molecule has 3 aliphatic heterocycles. The second kappa shape index (κ2) is 20.5. The number of rotatable bonds is 15. The summed E-state index contributed by atoms with van der Waals surface area (Å²) >= 11 is 3.63. The van der Waals surface area contributed by atoms with Crippen LogP contribution in [0.1, 0.15) is 74.8 Å². The summed E-state index contributed by atoms with van der Waals surface area (Å²) in [6, 6.07) is 15.3. The van der Waals surface area contributed by atoms with Crippen LogP contribution in [0.4, 0.5) is 37.6 Å². The number of pyridine rings is 1. The van der Waals surface area contributed by atoms with Crippen LogP contribution < -0.4 is 30.9 Å². The molecule has 0 spiro atoms. The molecule has 3 aliphatic rings. The summed E-state index contributed by atoms with van der Waals surface area (Å²) < 4.78 is 50.9. The van der Waals surface area contributed by atoms with Gasteiger partial charge in [-0.15, -0.1) is 0 Å². The Labute approximate surface area is 394 Å². The van der Waals surface area contributed by atoms with E-state index in [2.05, 4.69) is 77.5 Å². The highest BCUT2D eigenvalue weighted by Gasteiger charge is 2.33. The highest BCUT2D eigenvalue weighted by Crippen LogP contribution is 2.43. The van der Waals surface area contributed by atoms with Gasteiger partial charge in [-0.05, 0) is 122 Å². The van der Waals surface area contributed by atoms with Crippen LogP contribution in [0.5, 0.6) is 5.75 Å². The summed E-state index contributed by atoms with van der Waals surface area (Å²) in [6.07, 6.45) is 6.08. The predicted octanol–water partition coefficient (Wildman–Crippen LogP) is 8.67. The number of aromatic nitrogens is 3. The van der Waals surface area contributed by atoms with Crippen molar-refractivity contribution in [3.8, 4) is 5.75 Å². The summed E-state index contributed by atoms with van der Waals surface area (Å²) in [6.45, 7) is 16.4. The molecular weight excluding hydrogens is 927 g/mol. The number of imide groups is 1. The summed E-state index contributed by atoms with van der Waals surface area (Å²) in [5, 5.41) is 10.7. The Morgan fingerprint density at radius 1 is 0.879 bits per heavy atom. The molecule has 5 heterocycles. The van der Waals surface area contributed by atoms with E-state index < -0.39 is 36.5 Å². The summed E-state index contributed by atoms with van der Waals surface area (Å²) in [5.41, 5.74) is 5.93. The Hall–Kier alpha value is -5.02. The molecule has 2 amide bonds. The molecule has 17 heteroatoms. The molecule has 0 saturated carbocycles. The largest absolute Gasteiger partial charge is 0.492 e. The fourth-order valence-corrected chi connectivity index (χ4v) is 11.4. The minimum Gasteiger partial charge on any atom is -0.492 e. The third kappa shape index (κ3) is 10.6.